The summed E-state index contributed by atoms with van der Waals surface area (Å²) in [5.41, 5.74) is 24.7. The van der Waals surface area contributed by atoms with Crippen LogP contribution in [0.4, 0.5) is 0 Å². The van der Waals surface area contributed by atoms with Crippen molar-refractivity contribution >= 4 is 47.2 Å². The van der Waals surface area contributed by atoms with E-state index in [9.17, 15) is 9.59 Å². The van der Waals surface area contributed by atoms with E-state index in [1.807, 2.05) is 13.8 Å². The molecule has 0 aromatic heterocycles. The molecule has 34 heavy (non-hydrogen) atoms. The number of ketones is 1. The molecule has 0 aliphatic carbocycles. The van der Waals surface area contributed by atoms with Gasteiger partial charge in [0.15, 0.2) is 17.7 Å². The van der Waals surface area contributed by atoms with E-state index in [1.165, 1.54) is 18.8 Å². The van der Waals surface area contributed by atoms with Crippen molar-refractivity contribution in [2.75, 3.05) is 64.3 Å². The van der Waals surface area contributed by atoms with E-state index >= 15 is 0 Å². The summed E-state index contributed by atoms with van der Waals surface area (Å²) in [6.07, 6.45) is 0. The minimum Gasteiger partial charge on any atom is -0.480 e. The molecule has 0 aromatic rings. The van der Waals surface area contributed by atoms with Gasteiger partial charge in [-0.3, -0.25) is 19.6 Å². The van der Waals surface area contributed by atoms with Crippen LogP contribution in [0.5, 0.6) is 0 Å². The lowest BCUT2D eigenvalue weighted by Crippen LogP contribution is -2.54. The minimum atomic E-state index is -0.846. The van der Waals surface area contributed by atoms with E-state index in [4.69, 9.17) is 28.0 Å². The number of hydrogen-bond donors (Lipinski definition) is 9. The number of thioether (sulfide) groups is 2. The molecule has 0 saturated heterocycles. The Bertz CT molecular complexity index is 599. The highest BCUT2D eigenvalue weighted by atomic mass is 32.2. The van der Waals surface area contributed by atoms with Gasteiger partial charge in [-0.1, -0.05) is 0 Å². The maximum absolute atomic E-state index is 12.2. The molecule has 14 N–H and O–H groups in total. The number of nitrogens with two attached hydrogens (primary N) is 5. The lowest BCUT2D eigenvalue weighted by atomic mass is 9.94. The van der Waals surface area contributed by atoms with Crippen LogP contribution in [0.15, 0.2) is 9.98 Å². The van der Waals surface area contributed by atoms with Crippen LogP contribution in [0.3, 0.4) is 0 Å². The van der Waals surface area contributed by atoms with Gasteiger partial charge in [0.1, 0.15) is 6.04 Å². The number of aliphatic imine (C=N–C) groups is 2. The number of carbonyl (C=O) groups is 2. The van der Waals surface area contributed by atoms with Crippen molar-refractivity contribution < 1.29 is 14.7 Å². The number of aliphatic carboxylic acids is 1. The SMILES string of the molecule is CN.CNC(CSCCN=C(N)N)C(=O)C(C)(C)NC.CNC(CSCCN=C(N)N)C(=O)O. The highest BCUT2D eigenvalue weighted by Gasteiger charge is 2.31. The first-order valence-corrected chi connectivity index (χ1v) is 12.9. The van der Waals surface area contributed by atoms with E-state index in [0.717, 1.165) is 5.75 Å². The number of nitrogens with zero attached hydrogens (tertiary/aromatic N) is 2. The molecular formula is C19H46N10O3S2. The number of carboxylic acids is 1. The third kappa shape index (κ3) is 20.8. The number of likely N-dealkylation sites (N-methyl/N-ethyl adjacent to an activating group) is 3. The average molecular weight is 527 g/mol. The Morgan fingerprint density at radius 1 is 0.853 bits per heavy atom. The van der Waals surface area contributed by atoms with Crippen LogP contribution in [0, 0.1) is 0 Å². The number of Topliss-reactive ketones (excluding diaryl/α,β-unsaturated/α-hetero) is 1. The summed E-state index contributed by atoms with van der Waals surface area (Å²) in [5.74, 6) is 2.20. The first-order chi connectivity index (χ1) is 15.9. The van der Waals surface area contributed by atoms with Crippen LogP contribution in [0.2, 0.25) is 0 Å². The number of hydrogen-bond acceptors (Lipinski definition) is 10. The molecule has 0 bridgehead atoms. The van der Waals surface area contributed by atoms with Gasteiger partial charge in [0.05, 0.1) is 24.7 Å². The van der Waals surface area contributed by atoms with Gasteiger partial charge in [-0.15, -0.1) is 0 Å². The molecule has 0 amide bonds. The normalized spacial score (nSPS) is 12.1. The Kier molecular flexibility index (Phi) is 24.9. The Hall–Kier alpha value is -1.78. The van der Waals surface area contributed by atoms with Crippen LogP contribution in [-0.2, 0) is 9.59 Å². The quantitative estimate of drug-likeness (QED) is 0.0569. The van der Waals surface area contributed by atoms with Crippen molar-refractivity contribution in [1.29, 1.82) is 0 Å². The summed E-state index contributed by atoms with van der Waals surface area (Å²) < 4.78 is 0. The molecule has 202 valence electrons. The molecule has 15 heteroatoms. The third-order valence-corrected chi connectivity index (χ3v) is 6.26. The van der Waals surface area contributed by atoms with Crippen molar-refractivity contribution in [2.45, 2.75) is 31.5 Å². The third-order valence-electron chi connectivity index (χ3n) is 4.18. The summed E-state index contributed by atoms with van der Waals surface area (Å²) in [5, 5.41) is 17.4. The highest BCUT2D eigenvalue weighted by molar-refractivity contribution is 7.99. The second-order valence-corrected chi connectivity index (χ2v) is 9.32. The Morgan fingerprint density at radius 2 is 1.24 bits per heavy atom. The van der Waals surface area contributed by atoms with Gasteiger partial charge in [-0.2, -0.15) is 23.5 Å². The van der Waals surface area contributed by atoms with Gasteiger partial charge in [-0.05, 0) is 42.0 Å². The molecule has 13 nitrogen and oxygen atoms in total. The fraction of sp³-hybridized carbons (Fsp3) is 0.789. The maximum Gasteiger partial charge on any atom is 0.321 e. The molecule has 0 rings (SSSR count). The monoisotopic (exact) mass is 526 g/mol. The number of nitrogens with one attached hydrogen (secondary N) is 3. The molecular weight excluding hydrogens is 480 g/mol. The highest BCUT2D eigenvalue weighted by Crippen LogP contribution is 2.11. The first kappa shape index (κ1) is 36.8. The van der Waals surface area contributed by atoms with Gasteiger partial charge in [0, 0.05) is 23.0 Å². The lowest BCUT2D eigenvalue weighted by Gasteiger charge is -2.27. The van der Waals surface area contributed by atoms with Crippen LogP contribution < -0.4 is 44.6 Å². The number of carboxylic acid groups (broad SMARTS) is 1. The van der Waals surface area contributed by atoms with Crippen LogP contribution in [-0.4, -0.2) is 111 Å². The molecule has 2 unspecified atom stereocenters. The van der Waals surface area contributed by atoms with Crippen LogP contribution in [0.1, 0.15) is 13.8 Å². The Morgan fingerprint density at radius 3 is 1.53 bits per heavy atom. The van der Waals surface area contributed by atoms with Crippen molar-refractivity contribution in [1.82, 2.24) is 16.0 Å². The van der Waals surface area contributed by atoms with E-state index in [0.29, 0.717) is 30.3 Å². The van der Waals surface area contributed by atoms with Gasteiger partial charge < -0.3 is 49.7 Å². The molecule has 0 heterocycles. The summed E-state index contributed by atoms with van der Waals surface area (Å²) in [7, 11) is 6.71. The smallest absolute Gasteiger partial charge is 0.321 e. The van der Waals surface area contributed by atoms with Gasteiger partial charge in [0.25, 0.3) is 0 Å². The van der Waals surface area contributed by atoms with E-state index in [2.05, 4.69) is 31.7 Å². The van der Waals surface area contributed by atoms with Gasteiger partial charge in [-0.25, -0.2) is 0 Å². The number of carbonyl (C=O) groups excluding carboxylic acids is 1. The summed E-state index contributed by atoms with van der Waals surface area (Å²) >= 11 is 3.15. The Balaban J connectivity index is -0.000000541. The molecule has 0 radical (unpaired) electrons. The van der Waals surface area contributed by atoms with Gasteiger partial charge in [0.2, 0.25) is 0 Å². The fourth-order valence-corrected chi connectivity index (χ4v) is 3.88. The largest absolute Gasteiger partial charge is 0.480 e. The van der Waals surface area contributed by atoms with E-state index in [-0.39, 0.29) is 23.7 Å². The second-order valence-electron chi connectivity index (χ2n) is 7.02. The topological polar surface area (TPSA) is 245 Å². The van der Waals surface area contributed by atoms with Crippen molar-refractivity contribution in [2.24, 2.45) is 38.7 Å². The maximum atomic E-state index is 12.2. The van der Waals surface area contributed by atoms with Crippen LogP contribution in [0.25, 0.3) is 0 Å². The predicted molar refractivity (Wildman–Crippen MR) is 148 cm³/mol. The number of rotatable bonds is 16. The van der Waals surface area contributed by atoms with E-state index in [1.54, 1.807) is 32.9 Å². The van der Waals surface area contributed by atoms with Gasteiger partial charge >= 0.3 is 5.97 Å². The fourth-order valence-electron chi connectivity index (χ4n) is 2.01. The summed E-state index contributed by atoms with van der Waals surface area (Å²) in [6.45, 7) is 4.85. The lowest BCUT2D eigenvalue weighted by molar-refractivity contribution is -0.138. The van der Waals surface area contributed by atoms with Crippen LogP contribution >= 0.6 is 23.5 Å². The predicted octanol–water partition coefficient (Wildman–Crippen LogP) is -2.61. The van der Waals surface area contributed by atoms with Crippen molar-refractivity contribution in [3.8, 4) is 0 Å². The molecule has 0 aromatic carbocycles. The van der Waals surface area contributed by atoms with Crippen molar-refractivity contribution in [3.05, 3.63) is 0 Å². The van der Waals surface area contributed by atoms with Crippen molar-refractivity contribution in [3.63, 3.8) is 0 Å². The second kappa shape index (κ2) is 23.0. The molecule has 0 fully saturated rings. The zero-order valence-corrected chi connectivity index (χ0v) is 22.9. The standard InChI is InChI=1S/C11H25N5OS.C7H16N4O2S.CH5N/c1-11(2,15-4)9(17)8(14-3)7-18-6-5-16-10(12)13;1-10-5(6(12)13)4-14-3-2-11-7(8)9;1-2/h8,14-15H,5-7H2,1-4H3,(H4,12,13,16);5,10H,2-4H2,1H3,(H,12,13)(H4,8,9,11);2H2,1H3. The molecule has 0 saturated carbocycles. The van der Waals surface area contributed by atoms with E-state index < -0.39 is 17.6 Å². The zero-order valence-electron chi connectivity index (χ0n) is 21.3. The molecule has 0 aliphatic heterocycles. The zero-order chi connectivity index (χ0) is 27.2. The summed E-state index contributed by atoms with van der Waals surface area (Å²) in [6, 6.07) is -0.684. The Labute approximate surface area is 212 Å². The molecule has 0 aliphatic rings. The average Bonchev–Trinajstić information content (AvgIpc) is 2.79. The number of guanidine groups is 2. The molecule has 2 atom stereocenters. The molecule has 0 spiro atoms. The summed E-state index contributed by atoms with van der Waals surface area (Å²) in [4.78, 5) is 30.4. The minimum absolute atomic E-state index is 0.0639. The first-order valence-electron chi connectivity index (χ1n) is 10.6.